The number of carbonyl (C=O) groups excluding carboxylic acids is 1. The van der Waals surface area contributed by atoms with Gasteiger partial charge < -0.3 is 19.3 Å². The maximum absolute atomic E-state index is 12.5. The first-order chi connectivity index (χ1) is 17.1. The number of anilines is 1. The number of hydrogen-bond acceptors (Lipinski definition) is 6. The molecule has 0 radical (unpaired) electrons. The number of aromatic nitrogens is 1. The molecule has 2 saturated heterocycles. The Morgan fingerprint density at radius 2 is 1.92 bits per heavy atom. The Kier molecular flexibility index (Phi) is 5.96. The second-order valence-electron chi connectivity index (χ2n) is 10.7. The summed E-state index contributed by atoms with van der Waals surface area (Å²) in [5, 5.41) is 11.8. The highest BCUT2D eigenvalue weighted by Gasteiger charge is 2.51. The van der Waals surface area contributed by atoms with E-state index in [9.17, 15) is 10.1 Å². The minimum absolute atomic E-state index is 0.0286. The van der Waals surface area contributed by atoms with Crippen LogP contribution < -0.4 is 9.64 Å². The van der Waals surface area contributed by atoms with Crippen molar-refractivity contribution in [2.75, 3.05) is 38.2 Å². The second kappa shape index (κ2) is 8.86. The van der Waals surface area contributed by atoms with E-state index in [1.807, 2.05) is 63.2 Å². The molecule has 5 rings (SSSR count). The van der Waals surface area contributed by atoms with Gasteiger partial charge in [0.1, 0.15) is 28.8 Å². The summed E-state index contributed by atoms with van der Waals surface area (Å²) >= 11 is 6.61. The maximum Gasteiger partial charge on any atom is 0.410 e. The van der Waals surface area contributed by atoms with E-state index in [4.69, 9.17) is 26.1 Å². The Balaban J connectivity index is 1.52. The van der Waals surface area contributed by atoms with Crippen LogP contribution in [0.4, 0.5) is 10.6 Å². The van der Waals surface area contributed by atoms with Crippen LogP contribution in [0.2, 0.25) is 5.02 Å². The molecule has 3 heterocycles. The van der Waals surface area contributed by atoms with Gasteiger partial charge in [0.15, 0.2) is 0 Å². The molecule has 1 spiro atoms. The molecule has 7 nitrogen and oxygen atoms in total. The van der Waals surface area contributed by atoms with Gasteiger partial charge in [0.25, 0.3) is 0 Å². The topological polar surface area (TPSA) is 78.7 Å². The molecular weight excluding hydrogens is 476 g/mol. The number of amides is 1. The number of benzene rings is 2. The van der Waals surface area contributed by atoms with E-state index in [1.54, 1.807) is 12.0 Å². The van der Waals surface area contributed by atoms with Gasteiger partial charge >= 0.3 is 6.09 Å². The van der Waals surface area contributed by atoms with E-state index in [2.05, 4.69) is 11.0 Å². The summed E-state index contributed by atoms with van der Waals surface area (Å²) in [7, 11) is 1.62. The van der Waals surface area contributed by atoms with Crippen molar-refractivity contribution in [3.63, 3.8) is 0 Å². The Morgan fingerprint density at radius 1 is 1.17 bits per heavy atom. The van der Waals surface area contributed by atoms with Crippen LogP contribution in [-0.2, 0) is 4.74 Å². The number of rotatable bonds is 3. The smallest absolute Gasteiger partial charge is 0.410 e. The quantitative estimate of drug-likeness (QED) is 0.443. The third kappa shape index (κ3) is 4.31. The zero-order valence-electron chi connectivity index (χ0n) is 21.0. The van der Waals surface area contributed by atoms with E-state index in [1.165, 1.54) is 0 Å². The van der Waals surface area contributed by atoms with Crippen LogP contribution in [0.1, 0.15) is 32.8 Å². The number of fused-ring (bicyclic) bond motifs is 1. The second-order valence-corrected chi connectivity index (χ2v) is 11.1. The van der Waals surface area contributed by atoms with Crippen molar-refractivity contribution in [1.82, 2.24) is 9.88 Å². The van der Waals surface area contributed by atoms with E-state index in [0.717, 1.165) is 35.0 Å². The molecule has 2 fully saturated rings. The molecule has 36 heavy (non-hydrogen) atoms. The first-order valence-corrected chi connectivity index (χ1v) is 12.4. The Bertz CT molecular complexity index is 1390. The van der Waals surface area contributed by atoms with Crippen LogP contribution >= 0.6 is 11.6 Å². The van der Waals surface area contributed by atoms with Crippen molar-refractivity contribution in [3.05, 3.63) is 53.1 Å². The fraction of sp³-hybridized carbons (Fsp3) is 0.393. The molecule has 3 aromatic rings. The summed E-state index contributed by atoms with van der Waals surface area (Å²) in [5.41, 5.74) is 2.26. The lowest BCUT2D eigenvalue weighted by Gasteiger charge is -2.47. The number of carbonyl (C=O) groups is 1. The van der Waals surface area contributed by atoms with Gasteiger partial charge in [-0.15, -0.1) is 0 Å². The van der Waals surface area contributed by atoms with Crippen molar-refractivity contribution in [2.45, 2.75) is 32.8 Å². The summed E-state index contributed by atoms with van der Waals surface area (Å²) in [6.07, 6.45) is 0.636. The molecule has 0 atom stereocenters. The van der Waals surface area contributed by atoms with Gasteiger partial charge in [-0.3, -0.25) is 0 Å². The van der Waals surface area contributed by atoms with Gasteiger partial charge in [-0.05, 0) is 45.4 Å². The minimum atomic E-state index is -0.519. The maximum atomic E-state index is 12.5. The molecule has 2 aliphatic heterocycles. The van der Waals surface area contributed by atoms with E-state index < -0.39 is 5.60 Å². The first-order valence-electron chi connectivity index (χ1n) is 12.0. The highest BCUT2D eigenvalue weighted by atomic mass is 35.5. The van der Waals surface area contributed by atoms with Gasteiger partial charge in [-0.2, -0.15) is 5.26 Å². The average molecular weight is 505 g/mol. The third-order valence-electron chi connectivity index (χ3n) is 6.87. The number of hydrogen-bond donors (Lipinski definition) is 0. The number of pyridine rings is 1. The van der Waals surface area contributed by atoms with Crippen LogP contribution in [0.3, 0.4) is 0 Å². The zero-order valence-corrected chi connectivity index (χ0v) is 21.7. The molecule has 0 N–H and O–H groups in total. The average Bonchev–Trinajstić information content (AvgIpc) is 3.27. The van der Waals surface area contributed by atoms with Gasteiger partial charge in [0, 0.05) is 59.2 Å². The summed E-state index contributed by atoms with van der Waals surface area (Å²) in [4.78, 5) is 21.4. The van der Waals surface area contributed by atoms with Crippen LogP contribution in [-0.4, -0.2) is 54.9 Å². The predicted octanol–water partition coefficient (Wildman–Crippen LogP) is 5.88. The summed E-state index contributed by atoms with van der Waals surface area (Å²) in [5.74, 6) is 1.33. The standard InChI is InChI=1S/C28H29ClN4O3/c1-27(2,3)36-26(34)33-16-28(17-33)11-12-32(15-28)25-21(14-30)24(19-7-5-6-8-22(19)29)20-10-9-18(35-4)13-23(20)31-25/h5-10,13H,11-12,15-17H2,1-4H3. The fourth-order valence-corrected chi connectivity index (χ4v) is 5.46. The van der Waals surface area contributed by atoms with Crippen LogP contribution in [0.15, 0.2) is 42.5 Å². The van der Waals surface area contributed by atoms with Crippen LogP contribution in [0, 0.1) is 16.7 Å². The first kappa shape index (κ1) is 24.2. The van der Waals surface area contributed by atoms with Gasteiger partial charge in [0.05, 0.1) is 12.6 Å². The molecule has 186 valence electrons. The molecule has 1 aromatic heterocycles. The number of nitriles is 1. The van der Waals surface area contributed by atoms with E-state index in [-0.39, 0.29) is 11.5 Å². The number of nitrogens with zero attached hydrogens (tertiary/aromatic N) is 4. The highest BCUT2D eigenvalue weighted by molar-refractivity contribution is 6.34. The van der Waals surface area contributed by atoms with E-state index >= 15 is 0 Å². The molecule has 1 amide bonds. The third-order valence-corrected chi connectivity index (χ3v) is 7.20. The summed E-state index contributed by atoms with van der Waals surface area (Å²) < 4.78 is 11.0. The molecular formula is C28H29ClN4O3. The van der Waals surface area contributed by atoms with Crippen LogP contribution in [0.5, 0.6) is 5.75 Å². The van der Waals surface area contributed by atoms with Crippen molar-refractivity contribution in [2.24, 2.45) is 5.41 Å². The van der Waals surface area contributed by atoms with Crippen molar-refractivity contribution in [3.8, 4) is 22.9 Å². The molecule has 0 unspecified atom stereocenters. The van der Waals surface area contributed by atoms with Gasteiger partial charge in [0.2, 0.25) is 0 Å². The fourth-order valence-electron chi connectivity index (χ4n) is 5.23. The highest BCUT2D eigenvalue weighted by Crippen LogP contribution is 2.45. The molecule has 2 aromatic carbocycles. The Labute approximate surface area is 216 Å². The van der Waals surface area contributed by atoms with Gasteiger partial charge in [-0.1, -0.05) is 29.8 Å². The van der Waals surface area contributed by atoms with Gasteiger partial charge in [-0.25, -0.2) is 9.78 Å². The molecule has 0 bridgehead atoms. The number of methoxy groups -OCH3 is 1. The number of halogens is 1. The normalized spacial score (nSPS) is 16.7. The van der Waals surface area contributed by atoms with E-state index in [0.29, 0.717) is 41.8 Å². The van der Waals surface area contributed by atoms with Crippen molar-refractivity contribution < 1.29 is 14.3 Å². The summed E-state index contributed by atoms with van der Waals surface area (Å²) in [6, 6.07) is 15.7. The lowest BCUT2D eigenvalue weighted by Crippen LogP contribution is -2.60. The molecule has 2 aliphatic rings. The molecule has 0 aliphatic carbocycles. The number of likely N-dealkylation sites (tertiary alicyclic amines) is 1. The SMILES string of the molecule is COc1ccc2c(-c3ccccc3Cl)c(C#N)c(N3CCC4(CN(C(=O)OC(C)(C)C)C4)C3)nc2c1. The Hall–Kier alpha value is -3.50. The Morgan fingerprint density at radius 3 is 2.58 bits per heavy atom. The monoisotopic (exact) mass is 504 g/mol. The lowest BCUT2D eigenvalue weighted by atomic mass is 9.79. The largest absolute Gasteiger partial charge is 0.497 e. The zero-order chi connectivity index (χ0) is 25.7. The lowest BCUT2D eigenvalue weighted by molar-refractivity contribution is -0.0266. The van der Waals surface area contributed by atoms with Crippen molar-refractivity contribution >= 4 is 34.4 Å². The predicted molar refractivity (Wildman–Crippen MR) is 141 cm³/mol. The molecule has 8 heteroatoms. The van der Waals surface area contributed by atoms with Crippen molar-refractivity contribution in [1.29, 1.82) is 5.26 Å². The minimum Gasteiger partial charge on any atom is -0.497 e. The molecule has 0 saturated carbocycles. The van der Waals surface area contributed by atoms with Crippen LogP contribution in [0.25, 0.3) is 22.0 Å². The summed E-state index contributed by atoms with van der Waals surface area (Å²) in [6.45, 7) is 8.36. The number of ether oxygens (including phenoxy) is 2.